The first kappa shape index (κ1) is 12.6. The summed E-state index contributed by atoms with van der Waals surface area (Å²) < 4.78 is 1.66. The van der Waals surface area contributed by atoms with Gasteiger partial charge in [-0.3, -0.25) is 14.5 Å². The molecule has 0 atom stereocenters. The van der Waals surface area contributed by atoms with Crippen molar-refractivity contribution in [1.82, 2.24) is 20.2 Å². The second kappa shape index (κ2) is 4.93. The highest BCUT2D eigenvalue weighted by atomic mass is 16.2. The molecule has 1 saturated heterocycles. The molecule has 2 N–H and O–H groups in total. The minimum atomic E-state index is -0.145. The predicted octanol–water partition coefficient (Wildman–Crippen LogP) is -0.370. The molecular formula is C13H15N5O2. The molecule has 1 fully saturated rings. The molecule has 7 heteroatoms. The molecule has 0 aromatic carbocycles. The third kappa shape index (κ3) is 2.12. The van der Waals surface area contributed by atoms with Crippen molar-refractivity contribution < 1.29 is 9.59 Å². The van der Waals surface area contributed by atoms with E-state index in [-0.39, 0.29) is 11.8 Å². The van der Waals surface area contributed by atoms with Crippen molar-refractivity contribution in [1.29, 1.82) is 0 Å². The molecule has 0 bridgehead atoms. The lowest BCUT2D eigenvalue weighted by Gasteiger charge is -2.24. The van der Waals surface area contributed by atoms with Gasteiger partial charge in [-0.1, -0.05) is 0 Å². The molecule has 1 aliphatic rings. The van der Waals surface area contributed by atoms with Gasteiger partial charge in [-0.05, 0) is 12.1 Å². The van der Waals surface area contributed by atoms with Gasteiger partial charge in [0.15, 0.2) is 5.82 Å². The third-order valence-corrected chi connectivity index (χ3v) is 3.31. The van der Waals surface area contributed by atoms with E-state index in [4.69, 9.17) is 0 Å². The topological polar surface area (TPSA) is 78.7 Å². The number of nitrogens with one attached hydrogen (secondary N) is 2. The SMILES string of the molecule is CNC(=O)c1ccn2nc(N3CCNCC3=O)cc2c1. The van der Waals surface area contributed by atoms with Crippen LogP contribution in [0.15, 0.2) is 24.4 Å². The zero-order chi connectivity index (χ0) is 14.1. The van der Waals surface area contributed by atoms with E-state index in [1.807, 2.05) is 6.07 Å². The number of carbonyl (C=O) groups excluding carboxylic acids is 2. The van der Waals surface area contributed by atoms with Gasteiger partial charge in [0.25, 0.3) is 5.91 Å². The van der Waals surface area contributed by atoms with Crippen LogP contribution in [0.5, 0.6) is 0 Å². The standard InChI is InChI=1S/C13H15N5O2/c1-14-13(20)9-2-4-18-10(6-9)7-11(16-18)17-5-3-15-8-12(17)19/h2,4,6-7,15H,3,5,8H2,1H3,(H,14,20). The third-order valence-electron chi connectivity index (χ3n) is 3.31. The lowest BCUT2D eigenvalue weighted by atomic mass is 10.2. The number of rotatable bonds is 2. The Balaban J connectivity index is 1.98. The number of hydrogen-bond donors (Lipinski definition) is 2. The normalized spacial score (nSPS) is 15.7. The summed E-state index contributed by atoms with van der Waals surface area (Å²) in [7, 11) is 1.59. The molecule has 0 unspecified atom stereocenters. The van der Waals surface area contributed by atoms with Crippen molar-refractivity contribution >= 4 is 23.1 Å². The van der Waals surface area contributed by atoms with E-state index < -0.39 is 0 Å². The number of nitrogens with zero attached hydrogens (tertiary/aromatic N) is 3. The van der Waals surface area contributed by atoms with Gasteiger partial charge in [-0.15, -0.1) is 5.10 Å². The Morgan fingerprint density at radius 3 is 3.05 bits per heavy atom. The number of pyridine rings is 1. The minimum Gasteiger partial charge on any atom is -0.355 e. The molecule has 1 aliphatic heterocycles. The maximum atomic E-state index is 11.8. The van der Waals surface area contributed by atoms with Crippen molar-refractivity contribution in [3.8, 4) is 0 Å². The average molecular weight is 273 g/mol. The average Bonchev–Trinajstić information content (AvgIpc) is 2.89. The van der Waals surface area contributed by atoms with Crippen LogP contribution in [0.1, 0.15) is 10.4 Å². The minimum absolute atomic E-state index is 0.00572. The Morgan fingerprint density at radius 2 is 2.30 bits per heavy atom. The van der Waals surface area contributed by atoms with E-state index in [2.05, 4.69) is 15.7 Å². The summed E-state index contributed by atoms with van der Waals surface area (Å²) in [6.07, 6.45) is 1.72. The van der Waals surface area contributed by atoms with Crippen LogP contribution in [0.3, 0.4) is 0 Å². The molecule has 7 nitrogen and oxygen atoms in total. The van der Waals surface area contributed by atoms with Crippen LogP contribution >= 0.6 is 0 Å². The first-order valence-corrected chi connectivity index (χ1v) is 6.41. The van der Waals surface area contributed by atoms with Gasteiger partial charge in [0.2, 0.25) is 5.91 Å². The summed E-state index contributed by atoms with van der Waals surface area (Å²) in [6.45, 7) is 1.69. The van der Waals surface area contributed by atoms with E-state index in [9.17, 15) is 9.59 Å². The molecule has 0 aliphatic carbocycles. The number of piperazine rings is 1. The molecule has 0 saturated carbocycles. The highest BCUT2D eigenvalue weighted by Crippen LogP contribution is 2.17. The Hall–Kier alpha value is -2.41. The fourth-order valence-corrected chi connectivity index (χ4v) is 2.25. The molecule has 104 valence electrons. The maximum Gasteiger partial charge on any atom is 0.251 e. The quantitative estimate of drug-likeness (QED) is 0.782. The maximum absolute atomic E-state index is 11.8. The molecule has 20 heavy (non-hydrogen) atoms. The molecule has 2 amide bonds. The molecule has 0 radical (unpaired) electrons. The van der Waals surface area contributed by atoms with Crippen LogP contribution < -0.4 is 15.5 Å². The van der Waals surface area contributed by atoms with Crippen LogP contribution in [0.4, 0.5) is 5.82 Å². The fourth-order valence-electron chi connectivity index (χ4n) is 2.25. The Bertz CT molecular complexity index is 678. The van der Waals surface area contributed by atoms with Gasteiger partial charge in [-0.25, -0.2) is 4.52 Å². The smallest absolute Gasteiger partial charge is 0.251 e. The first-order valence-electron chi connectivity index (χ1n) is 6.41. The van der Waals surface area contributed by atoms with Crippen molar-refractivity contribution in [2.75, 3.05) is 31.6 Å². The number of hydrogen-bond acceptors (Lipinski definition) is 4. The molecule has 3 rings (SSSR count). The largest absolute Gasteiger partial charge is 0.355 e. The number of carbonyl (C=O) groups is 2. The van der Waals surface area contributed by atoms with E-state index in [1.54, 1.807) is 34.8 Å². The first-order chi connectivity index (χ1) is 9.69. The van der Waals surface area contributed by atoms with Crippen molar-refractivity contribution in [2.24, 2.45) is 0 Å². The highest BCUT2D eigenvalue weighted by Gasteiger charge is 2.21. The van der Waals surface area contributed by atoms with Crippen LogP contribution in [0, 0.1) is 0 Å². The summed E-state index contributed by atoms with van der Waals surface area (Å²) in [6, 6.07) is 5.26. The van der Waals surface area contributed by atoms with Crippen LogP contribution in [-0.2, 0) is 4.79 Å². The zero-order valence-electron chi connectivity index (χ0n) is 11.1. The second-order valence-corrected chi connectivity index (χ2v) is 4.59. The summed E-state index contributed by atoms with van der Waals surface area (Å²) in [4.78, 5) is 25.1. The van der Waals surface area contributed by atoms with Crippen molar-refractivity contribution in [2.45, 2.75) is 0 Å². The number of amides is 2. The molecule has 2 aromatic rings. The van der Waals surface area contributed by atoms with Crippen molar-refractivity contribution in [3.05, 3.63) is 30.0 Å². The molecule has 3 heterocycles. The van der Waals surface area contributed by atoms with Gasteiger partial charge >= 0.3 is 0 Å². The fraction of sp³-hybridized carbons (Fsp3) is 0.308. The van der Waals surface area contributed by atoms with Gasteiger partial charge in [0.1, 0.15) is 0 Å². The Labute approximate surface area is 115 Å². The Morgan fingerprint density at radius 1 is 1.45 bits per heavy atom. The van der Waals surface area contributed by atoms with E-state index in [0.29, 0.717) is 24.5 Å². The van der Waals surface area contributed by atoms with Gasteiger partial charge < -0.3 is 10.6 Å². The molecule has 2 aromatic heterocycles. The van der Waals surface area contributed by atoms with Gasteiger partial charge in [-0.2, -0.15) is 0 Å². The molecule has 0 spiro atoms. The lowest BCUT2D eigenvalue weighted by molar-refractivity contribution is -0.118. The summed E-state index contributed by atoms with van der Waals surface area (Å²) in [5.74, 6) is 0.477. The van der Waals surface area contributed by atoms with Gasteiger partial charge in [0, 0.05) is 38.0 Å². The van der Waals surface area contributed by atoms with Crippen LogP contribution in [0.2, 0.25) is 0 Å². The highest BCUT2D eigenvalue weighted by molar-refractivity contribution is 5.96. The number of fused-ring (bicyclic) bond motifs is 1. The van der Waals surface area contributed by atoms with Crippen LogP contribution in [0.25, 0.3) is 5.52 Å². The summed E-state index contributed by atoms with van der Waals surface area (Å²) >= 11 is 0. The van der Waals surface area contributed by atoms with E-state index in [1.165, 1.54) is 0 Å². The monoisotopic (exact) mass is 273 g/mol. The lowest BCUT2D eigenvalue weighted by Crippen LogP contribution is -2.48. The Kier molecular flexibility index (Phi) is 3.11. The number of anilines is 1. The second-order valence-electron chi connectivity index (χ2n) is 4.59. The summed E-state index contributed by atoms with van der Waals surface area (Å²) in [5, 5.41) is 9.98. The predicted molar refractivity (Wildman–Crippen MR) is 73.8 cm³/mol. The van der Waals surface area contributed by atoms with E-state index in [0.717, 1.165) is 12.1 Å². The summed E-state index contributed by atoms with van der Waals surface area (Å²) in [5.41, 5.74) is 1.35. The number of aromatic nitrogens is 2. The van der Waals surface area contributed by atoms with Crippen LogP contribution in [-0.4, -0.2) is 48.1 Å². The van der Waals surface area contributed by atoms with Gasteiger partial charge in [0.05, 0.1) is 12.1 Å². The van der Waals surface area contributed by atoms with E-state index >= 15 is 0 Å². The molecular weight excluding hydrogens is 258 g/mol. The zero-order valence-corrected chi connectivity index (χ0v) is 11.1. The van der Waals surface area contributed by atoms with Crippen molar-refractivity contribution in [3.63, 3.8) is 0 Å².